The van der Waals surface area contributed by atoms with Crippen molar-refractivity contribution < 1.29 is 13.2 Å². The number of hydrogen-bond acceptors (Lipinski definition) is 4. The second-order valence-electron chi connectivity index (χ2n) is 7.36. The third-order valence-corrected chi connectivity index (χ3v) is 5.47. The van der Waals surface area contributed by atoms with Crippen molar-refractivity contribution in [3.05, 3.63) is 116 Å². The molecule has 5 rings (SSSR count). The molecule has 7 nitrogen and oxygen atoms in total. The quantitative estimate of drug-likeness (QED) is 0.391. The maximum Gasteiger partial charge on any atom is 0.337 e. The first kappa shape index (κ1) is 20.9. The number of nitrogens with zero attached hydrogens (tertiary/aromatic N) is 4. The van der Waals surface area contributed by atoms with E-state index in [1.54, 1.807) is 36.4 Å². The number of halogens is 3. The summed E-state index contributed by atoms with van der Waals surface area (Å²) in [6.07, 6.45) is 2.83. The number of benzene rings is 2. The Morgan fingerprint density at radius 1 is 0.970 bits per heavy atom. The summed E-state index contributed by atoms with van der Waals surface area (Å²) in [5.41, 5.74) is -0.0532. The van der Waals surface area contributed by atoms with E-state index >= 15 is 0 Å². The predicted octanol–water partition coefficient (Wildman–Crippen LogP) is 3.97. The minimum atomic E-state index is -0.995. The van der Waals surface area contributed by atoms with Gasteiger partial charge in [-0.25, -0.2) is 23.1 Å². The van der Waals surface area contributed by atoms with Crippen LogP contribution in [0.1, 0.15) is 11.3 Å². The van der Waals surface area contributed by atoms with E-state index in [0.717, 1.165) is 16.7 Å². The zero-order valence-corrected chi connectivity index (χ0v) is 17.7. The smallest absolute Gasteiger partial charge is 0.337 e. The van der Waals surface area contributed by atoms with Gasteiger partial charge in [0.15, 0.2) is 22.8 Å². The molecule has 0 N–H and O–H groups in total. The Labute approximate surface area is 189 Å². The third kappa shape index (κ3) is 3.76. The molecule has 166 valence electrons. The van der Waals surface area contributed by atoms with Crippen LogP contribution in [0.15, 0.2) is 81.2 Å². The van der Waals surface area contributed by atoms with Gasteiger partial charge in [0, 0.05) is 11.6 Å². The molecule has 3 heterocycles. The van der Waals surface area contributed by atoms with E-state index in [2.05, 4.69) is 4.98 Å². The van der Waals surface area contributed by atoms with E-state index in [-0.39, 0.29) is 24.3 Å². The Morgan fingerprint density at radius 3 is 2.45 bits per heavy atom. The number of furan rings is 1. The minimum Gasteiger partial charge on any atom is -0.467 e. The number of imidazole rings is 1. The van der Waals surface area contributed by atoms with Gasteiger partial charge >= 0.3 is 5.69 Å². The molecule has 3 aromatic heterocycles. The fourth-order valence-corrected chi connectivity index (χ4v) is 3.78. The van der Waals surface area contributed by atoms with Crippen molar-refractivity contribution in [2.75, 3.05) is 0 Å². The molecule has 0 aliphatic rings. The van der Waals surface area contributed by atoms with Crippen LogP contribution in [-0.2, 0) is 13.1 Å². The van der Waals surface area contributed by atoms with Crippen molar-refractivity contribution in [1.29, 1.82) is 0 Å². The van der Waals surface area contributed by atoms with Crippen LogP contribution in [0.4, 0.5) is 8.78 Å². The summed E-state index contributed by atoms with van der Waals surface area (Å²) < 4.78 is 36.2. The van der Waals surface area contributed by atoms with E-state index in [9.17, 15) is 18.4 Å². The molecule has 33 heavy (non-hydrogen) atoms. The van der Waals surface area contributed by atoms with Gasteiger partial charge in [-0.15, -0.1) is 0 Å². The minimum absolute atomic E-state index is 0.0442. The first-order chi connectivity index (χ1) is 15.9. The van der Waals surface area contributed by atoms with Gasteiger partial charge in [0.2, 0.25) is 0 Å². The lowest BCUT2D eigenvalue weighted by Crippen LogP contribution is -2.40. The number of rotatable bonds is 5. The van der Waals surface area contributed by atoms with Crippen LogP contribution in [0, 0.1) is 11.6 Å². The molecule has 0 bridgehead atoms. The van der Waals surface area contributed by atoms with Gasteiger partial charge in [0.05, 0.1) is 24.8 Å². The van der Waals surface area contributed by atoms with Crippen LogP contribution in [0.2, 0.25) is 5.02 Å². The largest absolute Gasteiger partial charge is 0.467 e. The summed E-state index contributed by atoms with van der Waals surface area (Å²) >= 11 is 5.99. The molecule has 0 fully saturated rings. The van der Waals surface area contributed by atoms with E-state index in [1.807, 2.05) is 0 Å². The lowest BCUT2D eigenvalue weighted by Gasteiger charge is -2.12. The Kier molecular flexibility index (Phi) is 5.18. The summed E-state index contributed by atoms with van der Waals surface area (Å²) in [5.74, 6) is -1.54. The molecule has 0 radical (unpaired) electrons. The highest BCUT2D eigenvalue weighted by Crippen LogP contribution is 2.18. The molecule has 0 amide bonds. The Hall–Kier alpha value is -3.98. The summed E-state index contributed by atoms with van der Waals surface area (Å²) in [5, 5.41) is 0.482. The van der Waals surface area contributed by atoms with Crippen molar-refractivity contribution in [2.45, 2.75) is 13.1 Å². The summed E-state index contributed by atoms with van der Waals surface area (Å²) in [6, 6.07) is 13.3. The zero-order valence-electron chi connectivity index (χ0n) is 16.9. The van der Waals surface area contributed by atoms with Gasteiger partial charge in [-0.1, -0.05) is 17.7 Å². The second kappa shape index (κ2) is 8.18. The van der Waals surface area contributed by atoms with E-state index in [4.69, 9.17) is 16.0 Å². The van der Waals surface area contributed by atoms with Gasteiger partial charge in [0.25, 0.3) is 5.56 Å². The Morgan fingerprint density at radius 2 is 1.76 bits per heavy atom. The zero-order chi connectivity index (χ0) is 23.1. The first-order valence-electron chi connectivity index (χ1n) is 9.85. The van der Waals surface area contributed by atoms with Crippen LogP contribution < -0.4 is 11.2 Å². The molecular formula is C23H15ClF2N4O3. The molecule has 0 saturated carbocycles. The molecular weight excluding hydrogens is 454 g/mol. The molecule has 0 spiro atoms. The number of aromatic nitrogens is 4. The van der Waals surface area contributed by atoms with Crippen molar-refractivity contribution in [2.24, 2.45) is 0 Å². The average Bonchev–Trinajstić information content (AvgIpc) is 3.45. The van der Waals surface area contributed by atoms with Gasteiger partial charge < -0.3 is 8.98 Å². The Bertz CT molecular complexity index is 1590. The predicted molar refractivity (Wildman–Crippen MR) is 118 cm³/mol. The second-order valence-corrected chi connectivity index (χ2v) is 7.79. The number of fused-ring (bicyclic) bond motifs is 1. The molecule has 5 aromatic rings. The summed E-state index contributed by atoms with van der Waals surface area (Å²) in [6.45, 7) is -0.0485. The van der Waals surface area contributed by atoms with Crippen molar-refractivity contribution >= 4 is 22.8 Å². The number of hydrogen-bond donors (Lipinski definition) is 0. The average molecular weight is 469 g/mol. The molecule has 0 saturated heterocycles. The van der Waals surface area contributed by atoms with Crippen LogP contribution in [0.25, 0.3) is 16.9 Å². The lowest BCUT2D eigenvalue weighted by atomic mass is 10.2. The van der Waals surface area contributed by atoms with Gasteiger partial charge in [-0.05, 0) is 54.1 Å². The molecule has 0 unspecified atom stereocenters. The highest BCUT2D eigenvalue weighted by molar-refractivity contribution is 6.30. The normalized spacial score (nSPS) is 11.4. The van der Waals surface area contributed by atoms with Gasteiger partial charge in [-0.2, -0.15) is 0 Å². The maximum absolute atomic E-state index is 13.7. The van der Waals surface area contributed by atoms with Crippen LogP contribution in [-0.4, -0.2) is 18.7 Å². The fraction of sp³-hybridized carbons (Fsp3) is 0.0870. The van der Waals surface area contributed by atoms with Crippen molar-refractivity contribution in [1.82, 2.24) is 18.7 Å². The van der Waals surface area contributed by atoms with E-state index < -0.39 is 22.9 Å². The highest BCUT2D eigenvalue weighted by atomic mass is 35.5. The first-order valence-corrected chi connectivity index (χ1v) is 10.2. The highest BCUT2D eigenvalue weighted by Gasteiger charge is 2.20. The van der Waals surface area contributed by atoms with Gasteiger partial charge in [-0.3, -0.25) is 9.36 Å². The molecule has 0 atom stereocenters. The van der Waals surface area contributed by atoms with Crippen LogP contribution >= 0.6 is 11.6 Å². The summed E-state index contributed by atoms with van der Waals surface area (Å²) in [4.78, 5) is 31.1. The third-order valence-electron chi connectivity index (χ3n) is 5.22. The maximum atomic E-state index is 13.7. The topological polar surface area (TPSA) is 75.0 Å². The monoisotopic (exact) mass is 468 g/mol. The molecule has 10 heteroatoms. The molecule has 2 aromatic carbocycles. The van der Waals surface area contributed by atoms with E-state index in [0.29, 0.717) is 22.0 Å². The van der Waals surface area contributed by atoms with Crippen LogP contribution in [0.5, 0.6) is 0 Å². The van der Waals surface area contributed by atoms with Crippen LogP contribution in [0.3, 0.4) is 0 Å². The summed E-state index contributed by atoms with van der Waals surface area (Å²) in [7, 11) is 0. The van der Waals surface area contributed by atoms with E-state index in [1.165, 1.54) is 27.8 Å². The molecule has 0 aliphatic carbocycles. The fourth-order valence-electron chi connectivity index (χ4n) is 3.66. The van der Waals surface area contributed by atoms with Crippen molar-refractivity contribution in [3.63, 3.8) is 0 Å². The standard InChI is InChI=1S/C23H15ClF2N4O3/c24-15-4-6-16(7-5-15)30-21-20(22(31)29(23(30)32)12-17-2-1-9-33-17)28(13-27-21)11-14-3-8-18(25)19(26)10-14/h1-10,13H,11-12H2. The van der Waals surface area contributed by atoms with Crippen molar-refractivity contribution in [3.8, 4) is 5.69 Å². The SMILES string of the molecule is O=c1c2c(ncn2Cc2ccc(F)c(F)c2)n(-c2ccc(Cl)cc2)c(=O)n1Cc1ccco1. The Balaban J connectivity index is 1.75. The lowest BCUT2D eigenvalue weighted by molar-refractivity contribution is 0.482. The molecule has 0 aliphatic heterocycles. The van der Waals surface area contributed by atoms with Gasteiger partial charge in [0.1, 0.15) is 5.76 Å².